The highest BCUT2D eigenvalue weighted by atomic mass is 32.2. The Morgan fingerprint density at radius 3 is 2.65 bits per heavy atom. The number of benzene rings is 3. The second kappa shape index (κ2) is 10.0. The van der Waals surface area contributed by atoms with Crippen molar-refractivity contribution in [2.75, 3.05) is 17.9 Å². The Labute approximate surface area is 202 Å². The highest BCUT2D eigenvalue weighted by Gasteiger charge is 2.18. The van der Waals surface area contributed by atoms with E-state index in [1.807, 2.05) is 77.4 Å². The molecule has 172 valence electrons. The number of nitrogens with zero attached hydrogens (tertiary/aromatic N) is 3. The van der Waals surface area contributed by atoms with Crippen molar-refractivity contribution < 1.29 is 14.3 Å². The summed E-state index contributed by atoms with van der Waals surface area (Å²) in [5.41, 5.74) is 3.95. The van der Waals surface area contributed by atoms with Crippen LogP contribution in [0.4, 0.5) is 5.69 Å². The molecule has 0 spiro atoms. The van der Waals surface area contributed by atoms with E-state index in [-0.39, 0.29) is 18.5 Å². The molecule has 0 unspecified atom stereocenters. The zero-order chi connectivity index (χ0) is 23.3. The average molecular weight is 473 g/mol. The van der Waals surface area contributed by atoms with E-state index in [4.69, 9.17) is 9.47 Å². The molecule has 1 aliphatic rings. The van der Waals surface area contributed by atoms with Crippen LogP contribution in [0.3, 0.4) is 0 Å². The minimum absolute atomic E-state index is 0.0789. The van der Waals surface area contributed by atoms with Crippen LogP contribution >= 0.6 is 11.8 Å². The van der Waals surface area contributed by atoms with Crippen LogP contribution in [0.5, 0.6) is 11.5 Å². The predicted molar refractivity (Wildman–Crippen MR) is 132 cm³/mol. The summed E-state index contributed by atoms with van der Waals surface area (Å²) in [6.07, 6.45) is 0.855. The number of amides is 1. The van der Waals surface area contributed by atoms with Crippen LogP contribution in [-0.2, 0) is 17.8 Å². The third-order valence-electron chi connectivity index (χ3n) is 5.53. The molecule has 0 fully saturated rings. The normalized spacial score (nSPS) is 12.0. The van der Waals surface area contributed by atoms with Gasteiger partial charge in [0.1, 0.15) is 0 Å². The molecule has 0 radical (unpaired) electrons. The molecule has 8 heteroatoms. The molecule has 1 aliphatic heterocycles. The van der Waals surface area contributed by atoms with E-state index in [2.05, 4.69) is 22.4 Å². The number of carbonyl (C=O) groups excluding carboxylic acids is 1. The zero-order valence-electron chi connectivity index (χ0n) is 18.7. The third kappa shape index (κ3) is 4.77. The van der Waals surface area contributed by atoms with Crippen molar-refractivity contribution in [3.05, 3.63) is 83.9 Å². The van der Waals surface area contributed by atoms with Gasteiger partial charge in [0, 0.05) is 11.3 Å². The number of aromatic nitrogens is 3. The van der Waals surface area contributed by atoms with Crippen LogP contribution in [0.25, 0.3) is 11.4 Å². The van der Waals surface area contributed by atoms with Crippen molar-refractivity contribution >= 4 is 23.4 Å². The van der Waals surface area contributed by atoms with Gasteiger partial charge in [-0.25, -0.2) is 0 Å². The molecule has 0 bridgehead atoms. The first kappa shape index (κ1) is 22.0. The largest absolute Gasteiger partial charge is 0.454 e. The molecule has 1 N–H and O–H groups in total. The summed E-state index contributed by atoms with van der Waals surface area (Å²) in [6, 6.07) is 23.7. The van der Waals surface area contributed by atoms with Crippen molar-refractivity contribution in [1.82, 2.24) is 14.8 Å². The summed E-state index contributed by atoms with van der Waals surface area (Å²) < 4.78 is 13.0. The molecule has 3 aromatic carbocycles. The first-order valence-electron chi connectivity index (χ1n) is 11.1. The first-order chi connectivity index (χ1) is 16.7. The Balaban J connectivity index is 1.37. The summed E-state index contributed by atoms with van der Waals surface area (Å²) in [4.78, 5) is 12.7. The molecule has 5 rings (SSSR count). The van der Waals surface area contributed by atoms with Gasteiger partial charge in [0.15, 0.2) is 22.5 Å². The van der Waals surface area contributed by atoms with E-state index < -0.39 is 0 Å². The van der Waals surface area contributed by atoms with Crippen LogP contribution in [0.1, 0.15) is 18.1 Å². The van der Waals surface area contributed by atoms with Crippen molar-refractivity contribution in [1.29, 1.82) is 0 Å². The fourth-order valence-electron chi connectivity index (χ4n) is 3.83. The fourth-order valence-corrected chi connectivity index (χ4v) is 4.57. The smallest absolute Gasteiger partial charge is 0.234 e. The second-order valence-corrected chi connectivity index (χ2v) is 8.74. The molecule has 0 saturated carbocycles. The van der Waals surface area contributed by atoms with Gasteiger partial charge < -0.3 is 14.8 Å². The van der Waals surface area contributed by atoms with Crippen LogP contribution in [0.15, 0.2) is 78.0 Å². The Bertz CT molecular complexity index is 1310. The summed E-state index contributed by atoms with van der Waals surface area (Å²) in [5.74, 6) is 2.37. The molecule has 4 aromatic rings. The van der Waals surface area contributed by atoms with Crippen LogP contribution < -0.4 is 14.8 Å². The zero-order valence-corrected chi connectivity index (χ0v) is 19.5. The van der Waals surface area contributed by atoms with Crippen molar-refractivity contribution in [3.8, 4) is 22.9 Å². The van der Waals surface area contributed by atoms with Crippen LogP contribution in [0, 0.1) is 0 Å². The van der Waals surface area contributed by atoms with Gasteiger partial charge in [0.05, 0.1) is 12.3 Å². The molecule has 1 amide bonds. The average Bonchev–Trinajstić information content (AvgIpc) is 3.50. The summed E-state index contributed by atoms with van der Waals surface area (Å²) in [7, 11) is 0. The van der Waals surface area contributed by atoms with E-state index in [9.17, 15) is 4.79 Å². The van der Waals surface area contributed by atoms with Crippen LogP contribution in [0.2, 0.25) is 0 Å². The molecule has 1 aromatic heterocycles. The number of fused-ring (bicyclic) bond motifs is 1. The summed E-state index contributed by atoms with van der Waals surface area (Å²) >= 11 is 1.37. The monoisotopic (exact) mass is 472 g/mol. The molecule has 0 aliphatic carbocycles. The topological polar surface area (TPSA) is 78.3 Å². The minimum atomic E-state index is -0.0789. The maximum atomic E-state index is 12.7. The van der Waals surface area contributed by atoms with E-state index in [0.717, 1.165) is 46.1 Å². The summed E-state index contributed by atoms with van der Waals surface area (Å²) in [6.45, 7) is 2.85. The molecule has 0 atom stereocenters. The third-order valence-corrected chi connectivity index (χ3v) is 6.50. The Morgan fingerprint density at radius 2 is 1.79 bits per heavy atom. The lowest BCUT2D eigenvalue weighted by atomic mass is 10.1. The Morgan fingerprint density at radius 1 is 1.00 bits per heavy atom. The number of thioether (sulfide) groups is 1. The van der Waals surface area contributed by atoms with E-state index >= 15 is 0 Å². The molecular weight excluding hydrogens is 448 g/mol. The number of rotatable bonds is 8. The Hall–Kier alpha value is -3.78. The predicted octanol–water partition coefficient (Wildman–Crippen LogP) is 5.02. The van der Waals surface area contributed by atoms with Gasteiger partial charge >= 0.3 is 0 Å². The maximum Gasteiger partial charge on any atom is 0.234 e. The second-order valence-electron chi connectivity index (χ2n) is 7.79. The van der Waals surface area contributed by atoms with Crippen molar-refractivity contribution in [2.24, 2.45) is 0 Å². The standard InChI is InChI=1S/C26H24N4O3S/c1-2-19-8-6-7-11-21(19)27-24(31)16-34-26-29-28-25(20-9-4-3-5-10-20)30(26)15-18-12-13-22-23(14-18)33-17-32-22/h3-14H,2,15-17H2,1H3,(H,27,31). The van der Waals surface area contributed by atoms with Crippen molar-refractivity contribution in [2.45, 2.75) is 25.0 Å². The molecule has 0 saturated heterocycles. The van der Waals surface area contributed by atoms with Gasteiger partial charge in [-0.2, -0.15) is 0 Å². The number of para-hydroxylation sites is 1. The van der Waals surface area contributed by atoms with Gasteiger partial charge in [0.2, 0.25) is 12.7 Å². The van der Waals surface area contributed by atoms with Gasteiger partial charge in [-0.3, -0.25) is 9.36 Å². The quantitative estimate of drug-likeness (QED) is 0.363. The number of anilines is 1. The number of carbonyl (C=O) groups is 1. The highest BCUT2D eigenvalue weighted by molar-refractivity contribution is 7.99. The van der Waals surface area contributed by atoms with E-state index in [1.54, 1.807) is 0 Å². The molecule has 34 heavy (non-hydrogen) atoms. The molecule has 7 nitrogen and oxygen atoms in total. The van der Waals surface area contributed by atoms with E-state index in [1.165, 1.54) is 11.8 Å². The number of ether oxygens (including phenoxy) is 2. The lowest BCUT2D eigenvalue weighted by Gasteiger charge is -2.12. The SMILES string of the molecule is CCc1ccccc1NC(=O)CSc1nnc(-c2ccccc2)n1Cc1ccc2c(c1)OCO2. The number of hydrogen-bond acceptors (Lipinski definition) is 6. The minimum Gasteiger partial charge on any atom is -0.454 e. The van der Waals surface area contributed by atoms with Gasteiger partial charge in [0.25, 0.3) is 0 Å². The van der Waals surface area contributed by atoms with Gasteiger partial charge in [-0.1, -0.05) is 73.3 Å². The first-order valence-corrected chi connectivity index (χ1v) is 12.1. The number of nitrogens with one attached hydrogen (secondary N) is 1. The van der Waals surface area contributed by atoms with Crippen LogP contribution in [-0.4, -0.2) is 33.2 Å². The molecular formula is C26H24N4O3S. The number of aryl methyl sites for hydroxylation is 1. The van der Waals surface area contributed by atoms with Gasteiger partial charge in [-0.15, -0.1) is 10.2 Å². The van der Waals surface area contributed by atoms with Gasteiger partial charge in [-0.05, 0) is 35.7 Å². The molecule has 2 heterocycles. The van der Waals surface area contributed by atoms with Crippen molar-refractivity contribution in [3.63, 3.8) is 0 Å². The maximum absolute atomic E-state index is 12.7. The summed E-state index contributed by atoms with van der Waals surface area (Å²) in [5, 5.41) is 12.6. The highest BCUT2D eigenvalue weighted by Crippen LogP contribution is 2.33. The number of hydrogen-bond donors (Lipinski definition) is 1. The van der Waals surface area contributed by atoms with E-state index in [0.29, 0.717) is 11.7 Å². The lowest BCUT2D eigenvalue weighted by Crippen LogP contribution is -2.16. The fraction of sp³-hybridized carbons (Fsp3) is 0.192. The Kier molecular flexibility index (Phi) is 6.49. The lowest BCUT2D eigenvalue weighted by molar-refractivity contribution is -0.113.